The van der Waals surface area contributed by atoms with Crippen LogP contribution < -0.4 is 10.5 Å². The molecular weight excluding hydrogens is 482 g/mol. The summed E-state index contributed by atoms with van der Waals surface area (Å²) >= 11 is 12.2. The molecule has 2 aromatic heterocycles. The number of hydrogen-bond acceptors (Lipinski definition) is 6. The molecule has 0 saturated carbocycles. The molecule has 7 nitrogen and oxygen atoms in total. The highest BCUT2D eigenvalue weighted by Crippen LogP contribution is 2.37. The lowest BCUT2D eigenvalue weighted by Crippen LogP contribution is -2.40. The second kappa shape index (κ2) is 10.2. The molecule has 180 valence electrons. The number of nitrogen functional groups attached to an aromatic ring is 1. The van der Waals surface area contributed by atoms with Crippen molar-refractivity contribution in [2.24, 2.45) is 0 Å². The molecule has 10 heteroatoms. The molecule has 0 aliphatic carbocycles. The number of ether oxygens (including phenoxy) is 1. The van der Waals surface area contributed by atoms with E-state index >= 15 is 0 Å². The number of nitrogens with two attached hydrogens (primary N) is 1. The van der Waals surface area contributed by atoms with Gasteiger partial charge in [0, 0.05) is 36.3 Å². The van der Waals surface area contributed by atoms with Crippen LogP contribution in [0.15, 0.2) is 35.1 Å². The van der Waals surface area contributed by atoms with Crippen molar-refractivity contribution in [2.75, 3.05) is 46.1 Å². The molecule has 0 unspecified atom stereocenters. The number of rotatable bonds is 7. The maximum absolute atomic E-state index is 13.8. The average Bonchev–Trinajstić information content (AvgIpc) is 3.24. The predicted molar refractivity (Wildman–Crippen MR) is 132 cm³/mol. The standard InChI is InChI=1S/C24H25Cl2FN4O3/c1-30(2)12-20(32)31-8-5-14(6-9-31)17-13-34-22-16(17)11-29-24(28)23(22)33-10-7-15-18(25)3-4-19(27)21(15)26/h3-5,11,13H,6-10,12H2,1-2H3,(H2,28,29). The Hall–Kier alpha value is -2.81. The van der Waals surface area contributed by atoms with E-state index in [1.807, 2.05) is 30.0 Å². The summed E-state index contributed by atoms with van der Waals surface area (Å²) in [5, 5.41) is 1.11. The number of fused-ring (bicyclic) bond motifs is 1. The van der Waals surface area contributed by atoms with E-state index in [-0.39, 0.29) is 29.8 Å². The summed E-state index contributed by atoms with van der Waals surface area (Å²) in [6.45, 7) is 1.70. The highest BCUT2D eigenvalue weighted by atomic mass is 35.5. The summed E-state index contributed by atoms with van der Waals surface area (Å²) in [6.07, 6.45) is 6.32. The Labute approximate surface area is 206 Å². The minimum atomic E-state index is -0.539. The number of pyridine rings is 1. The zero-order valence-corrected chi connectivity index (χ0v) is 20.4. The second-order valence-electron chi connectivity index (χ2n) is 8.34. The highest BCUT2D eigenvalue weighted by Gasteiger charge is 2.22. The van der Waals surface area contributed by atoms with E-state index in [2.05, 4.69) is 4.98 Å². The molecule has 0 spiro atoms. The number of furan rings is 1. The number of benzene rings is 1. The van der Waals surface area contributed by atoms with Crippen LogP contribution in [0.2, 0.25) is 10.0 Å². The van der Waals surface area contributed by atoms with E-state index in [0.29, 0.717) is 48.0 Å². The maximum Gasteiger partial charge on any atom is 0.237 e. The molecule has 1 aliphatic rings. The lowest BCUT2D eigenvalue weighted by Gasteiger charge is -2.27. The van der Waals surface area contributed by atoms with Crippen molar-refractivity contribution < 1.29 is 18.3 Å². The number of amides is 1. The number of aromatic nitrogens is 1. The Morgan fingerprint density at radius 2 is 2.15 bits per heavy atom. The Balaban J connectivity index is 1.51. The van der Waals surface area contributed by atoms with E-state index in [1.54, 1.807) is 12.5 Å². The Morgan fingerprint density at radius 1 is 1.35 bits per heavy atom. The number of carbonyl (C=O) groups excluding carboxylic acids is 1. The van der Waals surface area contributed by atoms with Gasteiger partial charge in [0.25, 0.3) is 0 Å². The molecule has 4 rings (SSSR count). The maximum atomic E-state index is 13.8. The van der Waals surface area contributed by atoms with Crippen molar-refractivity contribution in [3.63, 3.8) is 0 Å². The van der Waals surface area contributed by atoms with Gasteiger partial charge >= 0.3 is 0 Å². The molecule has 0 saturated heterocycles. The van der Waals surface area contributed by atoms with Crippen LogP contribution in [0, 0.1) is 5.82 Å². The Kier molecular flexibility index (Phi) is 7.30. The highest BCUT2D eigenvalue weighted by molar-refractivity contribution is 6.36. The van der Waals surface area contributed by atoms with Crippen LogP contribution in [0.5, 0.6) is 5.75 Å². The van der Waals surface area contributed by atoms with Crippen LogP contribution in [0.4, 0.5) is 10.2 Å². The van der Waals surface area contributed by atoms with Gasteiger partial charge in [0.15, 0.2) is 11.4 Å². The van der Waals surface area contributed by atoms with Crippen LogP contribution >= 0.6 is 23.2 Å². The fraction of sp³-hybridized carbons (Fsp3) is 0.333. The molecule has 0 atom stereocenters. The topological polar surface area (TPSA) is 84.8 Å². The molecule has 1 aromatic carbocycles. The zero-order chi connectivity index (χ0) is 24.4. The minimum Gasteiger partial charge on any atom is -0.486 e. The van der Waals surface area contributed by atoms with Crippen LogP contribution in [0.25, 0.3) is 16.5 Å². The summed E-state index contributed by atoms with van der Waals surface area (Å²) < 4.78 is 25.5. The van der Waals surface area contributed by atoms with E-state index in [0.717, 1.165) is 16.5 Å². The van der Waals surface area contributed by atoms with Gasteiger partial charge in [0.1, 0.15) is 5.82 Å². The SMILES string of the molecule is CN(C)CC(=O)N1CC=C(c2coc3c(OCCc4c(Cl)ccc(F)c4Cl)c(N)ncc23)CC1. The van der Waals surface area contributed by atoms with Crippen molar-refractivity contribution in [3.05, 3.63) is 57.7 Å². The Morgan fingerprint density at radius 3 is 2.85 bits per heavy atom. The fourth-order valence-electron chi connectivity index (χ4n) is 3.93. The van der Waals surface area contributed by atoms with Crippen LogP contribution in [-0.4, -0.2) is 61.0 Å². The first kappa shape index (κ1) is 24.3. The molecule has 3 aromatic rings. The van der Waals surface area contributed by atoms with Gasteiger partial charge in [-0.3, -0.25) is 4.79 Å². The molecule has 1 aliphatic heterocycles. The molecule has 0 radical (unpaired) electrons. The number of anilines is 1. The summed E-state index contributed by atoms with van der Waals surface area (Å²) in [6, 6.07) is 2.68. The second-order valence-corrected chi connectivity index (χ2v) is 9.13. The van der Waals surface area contributed by atoms with E-state index in [9.17, 15) is 9.18 Å². The number of likely N-dealkylation sites (N-methyl/N-ethyl adjacent to an activating group) is 1. The minimum absolute atomic E-state index is 0.0250. The van der Waals surface area contributed by atoms with Gasteiger partial charge < -0.3 is 24.7 Å². The van der Waals surface area contributed by atoms with Crippen molar-refractivity contribution >= 4 is 51.5 Å². The molecule has 1 amide bonds. The van der Waals surface area contributed by atoms with Crippen LogP contribution in [-0.2, 0) is 11.2 Å². The monoisotopic (exact) mass is 506 g/mol. The van der Waals surface area contributed by atoms with Gasteiger partial charge in [-0.1, -0.05) is 29.3 Å². The summed E-state index contributed by atoms with van der Waals surface area (Å²) in [7, 11) is 3.75. The Bertz CT molecular complexity index is 1260. The largest absolute Gasteiger partial charge is 0.486 e. The van der Waals surface area contributed by atoms with Crippen molar-refractivity contribution in [2.45, 2.75) is 12.8 Å². The smallest absolute Gasteiger partial charge is 0.237 e. The van der Waals surface area contributed by atoms with E-state index in [1.165, 1.54) is 12.1 Å². The quantitative estimate of drug-likeness (QED) is 0.469. The van der Waals surface area contributed by atoms with Gasteiger partial charge in [0.2, 0.25) is 11.7 Å². The first-order chi connectivity index (χ1) is 16.3. The number of halogens is 3. The molecule has 34 heavy (non-hydrogen) atoms. The lowest BCUT2D eigenvalue weighted by atomic mass is 9.99. The van der Waals surface area contributed by atoms with E-state index in [4.69, 9.17) is 38.1 Å². The van der Waals surface area contributed by atoms with Crippen molar-refractivity contribution in [1.82, 2.24) is 14.8 Å². The fourth-order valence-corrected chi connectivity index (χ4v) is 4.49. The third-order valence-corrected chi connectivity index (χ3v) is 6.46. The molecule has 0 fully saturated rings. The predicted octanol–water partition coefficient (Wildman–Crippen LogP) is 4.65. The first-order valence-corrected chi connectivity index (χ1v) is 11.5. The normalized spacial score (nSPS) is 14.1. The number of hydrogen-bond donors (Lipinski definition) is 1. The third-order valence-electron chi connectivity index (χ3n) is 5.70. The number of nitrogens with zero attached hydrogens (tertiary/aromatic N) is 3. The molecule has 3 heterocycles. The zero-order valence-electron chi connectivity index (χ0n) is 18.9. The first-order valence-electron chi connectivity index (χ1n) is 10.8. The molecule has 2 N–H and O–H groups in total. The van der Waals surface area contributed by atoms with Gasteiger partial charge in [-0.05, 0) is 43.8 Å². The summed E-state index contributed by atoms with van der Waals surface area (Å²) in [4.78, 5) is 20.3. The van der Waals surface area contributed by atoms with Crippen molar-refractivity contribution in [3.8, 4) is 5.75 Å². The summed E-state index contributed by atoms with van der Waals surface area (Å²) in [5.74, 6) is 0.0539. The van der Waals surface area contributed by atoms with Crippen LogP contribution in [0.1, 0.15) is 17.5 Å². The van der Waals surface area contributed by atoms with Gasteiger partial charge in [0.05, 0.1) is 29.8 Å². The van der Waals surface area contributed by atoms with E-state index < -0.39 is 5.82 Å². The molecule has 0 bridgehead atoms. The van der Waals surface area contributed by atoms with Gasteiger partial charge in [-0.25, -0.2) is 9.37 Å². The van der Waals surface area contributed by atoms with Crippen LogP contribution in [0.3, 0.4) is 0 Å². The number of carbonyl (C=O) groups is 1. The average molecular weight is 507 g/mol. The summed E-state index contributed by atoms with van der Waals surface area (Å²) in [5.41, 5.74) is 8.96. The third kappa shape index (κ3) is 4.99. The van der Waals surface area contributed by atoms with Gasteiger partial charge in [-0.2, -0.15) is 0 Å². The van der Waals surface area contributed by atoms with Gasteiger partial charge in [-0.15, -0.1) is 0 Å². The molecular formula is C24H25Cl2FN4O3. The van der Waals surface area contributed by atoms with Crippen molar-refractivity contribution in [1.29, 1.82) is 0 Å². The lowest BCUT2D eigenvalue weighted by molar-refractivity contribution is -0.131.